The lowest BCUT2D eigenvalue weighted by Gasteiger charge is -2.16. The van der Waals surface area contributed by atoms with Gasteiger partial charge in [-0.3, -0.25) is 4.79 Å². The Bertz CT molecular complexity index is 954. The maximum Gasteiger partial charge on any atom is 0.328 e. The SMILES string of the molecule is COC(=O)[C@@H](Cc1c[nH]c2ccccc12)NC(=O)COc1cccc(F)c1. The van der Waals surface area contributed by atoms with E-state index in [1.807, 2.05) is 24.3 Å². The number of benzene rings is 2. The Morgan fingerprint density at radius 1 is 1.19 bits per heavy atom. The molecule has 0 saturated carbocycles. The summed E-state index contributed by atoms with van der Waals surface area (Å²) in [4.78, 5) is 27.4. The van der Waals surface area contributed by atoms with Crippen molar-refractivity contribution >= 4 is 22.8 Å². The fraction of sp³-hybridized carbons (Fsp3) is 0.200. The van der Waals surface area contributed by atoms with Crippen LogP contribution in [0.15, 0.2) is 54.7 Å². The summed E-state index contributed by atoms with van der Waals surface area (Å²) < 4.78 is 23.2. The molecule has 3 rings (SSSR count). The summed E-state index contributed by atoms with van der Waals surface area (Å²) in [7, 11) is 1.26. The van der Waals surface area contributed by atoms with Gasteiger partial charge in [0.15, 0.2) is 6.61 Å². The van der Waals surface area contributed by atoms with E-state index in [1.54, 1.807) is 12.3 Å². The first-order valence-electron chi connectivity index (χ1n) is 8.37. The number of esters is 1. The number of nitrogens with one attached hydrogen (secondary N) is 2. The molecular weight excluding hydrogens is 351 g/mol. The monoisotopic (exact) mass is 370 g/mol. The topological polar surface area (TPSA) is 80.4 Å². The smallest absolute Gasteiger partial charge is 0.328 e. The molecular formula is C20H19FN2O4. The van der Waals surface area contributed by atoms with Crippen LogP contribution in [0.4, 0.5) is 4.39 Å². The predicted octanol–water partition coefficient (Wildman–Crippen LogP) is 2.59. The number of halogens is 1. The summed E-state index contributed by atoms with van der Waals surface area (Å²) in [6.45, 7) is -0.342. The first-order valence-corrected chi connectivity index (χ1v) is 8.37. The molecule has 0 aliphatic heterocycles. The number of hydrogen-bond acceptors (Lipinski definition) is 4. The van der Waals surface area contributed by atoms with Crippen molar-refractivity contribution in [3.05, 3.63) is 66.1 Å². The van der Waals surface area contributed by atoms with Crippen molar-refractivity contribution in [1.82, 2.24) is 10.3 Å². The number of amides is 1. The van der Waals surface area contributed by atoms with E-state index in [-0.39, 0.29) is 18.8 Å². The van der Waals surface area contributed by atoms with Crippen LogP contribution in [-0.4, -0.2) is 36.6 Å². The van der Waals surface area contributed by atoms with Gasteiger partial charge in [0.05, 0.1) is 7.11 Å². The number of carbonyl (C=O) groups is 2. The van der Waals surface area contributed by atoms with Crippen molar-refractivity contribution < 1.29 is 23.5 Å². The zero-order valence-corrected chi connectivity index (χ0v) is 14.7. The molecule has 1 amide bonds. The number of ether oxygens (including phenoxy) is 2. The standard InChI is InChI=1S/C20H19FN2O4/c1-26-20(25)18(9-13-11-22-17-8-3-2-7-16(13)17)23-19(24)12-27-15-6-4-5-14(21)10-15/h2-8,10-11,18,22H,9,12H2,1H3,(H,23,24)/t18-/m1/s1. The van der Waals surface area contributed by atoms with E-state index >= 15 is 0 Å². The van der Waals surface area contributed by atoms with Gasteiger partial charge >= 0.3 is 5.97 Å². The number of rotatable bonds is 7. The molecule has 7 heteroatoms. The third-order valence-electron chi connectivity index (χ3n) is 4.09. The Balaban J connectivity index is 1.66. The Morgan fingerprint density at radius 3 is 2.78 bits per heavy atom. The minimum absolute atomic E-state index is 0.233. The molecule has 0 fully saturated rings. The van der Waals surface area contributed by atoms with Gasteiger partial charge in [0, 0.05) is 29.6 Å². The van der Waals surface area contributed by atoms with Crippen LogP contribution >= 0.6 is 0 Å². The predicted molar refractivity (Wildman–Crippen MR) is 97.8 cm³/mol. The first kappa shape index (κ1) is 18.4. The molecule has 27 heavy (non-hydrogen) atoms. The van der Waals surface area contributed by atoms with Gasteiger partial charge in [-0.1, -0.05) is 24.3 Å². The van der Waals surface area contributed by atoms with Gasteiger partial charge < -0.3 is 19.8 Å². The van der Waals surface area contributed by atoms with Gasteiger partial charge in [0.25, 0.3) is 5.91 Å². The Kier molecular flexibility index (Phi) is 5.71. The van der Waals surface area contributed by atoms with Crippen LogP contribution in [-0.2, 0) is 20.7 Å². The van der Waals surface area contributed by atoms with E-state index in [1.165, 1.54) is 25.3 Å². The van der Waals surface area contributed by atoms with E-state index in [2.05, 4.69) is 10.3 Å². The number of H-pyrrole nitrogens is 1. The van der Waals surface area contributed by atoms with Crippen molar-refractivity contribution in [2.75, 3.05) is 13.7 Å². The lowest BCUT2D eigenvalue weighted by Crippen LogP contribution is -2.44. The summed E-state index contributed by atoms with van der Waals surface area (Å²) in [5.41, 5.74) is 1.82. The van der Waals surface area contributed by atoms with Crippen molar-refractivity contribution in [2.24, 2.45) is 0 Å². The van der Waals surface area contributed by atoms with Crippen molar-refractivity contribution in [2.45, 2.75) is 12.5 Å². The highest BCUT2D eigenvalue weighted by Crippen LogP contribution is 2.19. The second-order valence-electron chi connectivity index (χ2n) is 5.95. The van der Waals surface area contributed by atoms with Gasteiger partial charge in [-0.05, 0) is 23.8 Å². The lowest BCUT2D eigenvalue weighted by molar-refractivity contribution is -0.145. The fourth-order valence-corrected chi connectivity index (χ4v) is 2.80. The molecule has 0 aliphatic rings. The number of fused-ring (bicyclic) bond motifs is 1. The molecule has 6 nitrogen and oxygen atoms in total. The molecule has 2 aromatic carbocycles. The van der Waals surface area contributed by atoms with Crippen LogP contribution in [0.5, 0.6) is 5.75 Å². The third kappa shape index (κ3) is 4.63. The number of carbonyl (C=O) groups excluding carboxylic acids is 2. The van der Waals surface area contributed by atoms with Gasteiger partial charge in [-0.15, -0.1) is 0 Å². The zero-order valence-electron chi connectivity index (χ0n) is 14.7. The van der Waals surface area contributed by atoms with E-state index in [9.17, 15) is 14.0 Å². The maximum absolute atomic E-state index is 13.1. The Hall–Kier alpha value is -3.35. The number of para-hydroxylation sites is 1. The highest BCUT2D eigenvalue weighted by Gasteiger charge is 2.23. The number of hydrogen-bond donors (Lipinski definition) is 2. The lowest BCUT2D eigenvalue weighted by atomic mass is 10.0. The van der Waals surface area contributed by atoms with Gasteiger partial charge in [-0.2, -0.15) is 0 Å². The molecule has 3 aromatic rings. The van der Waals surface area contributed by atoms with Crippen LogP contribution in [0, 0.1) is 5.82 Å². The van der Waals surface area contributed by atoms with Gasteiger partial charge in [0.2, 0.25) is 0 Å². The minimum atomic E-state index is -0.863. The van der Waals surface area contributed by atoms with Crippen LogP contribution in [0.2, 0.25) is 0 Å². The summed E-state index contributed by atoms with van der Waals surface area (Å²) >= 11 is 0. The number of aromatic nitrogens is 1. The van der Waals surface area contributed by atoms with Gasteiger partial charge in [-0.25, -0.2) is 9.18 Å². The molecule has 0 bridgehead atoms. The van der Waals surface area contributed by atoms with E-state index < -0.39 is 23.7 Å². The van der Waals surface area contributed by atoms with Crippen LogP contribution < -0.4 is 10.1 Å². The Morgan fingerprint density at radius 2 is 2.00 bits per heavy atom. The van der Waals surface area contributed by atoms with Crippen LogP contribution in [0.1, 0.15) is 5.56 Å². The highest BCUT2D eigenvalue weighted by molar-refractivity contribution is 5.87. The van der Waals surface area contributed by atoms with Crippen LogP contribution in [0.3, 0.4) is 0 Å². The van der Waals surface area contributed by atoms with Gasteiger partial charge in [0.1, 0.15) is 17.6 Å². The molecule has 0 aliphatic carbocycles. The van der Waals surface area contributed by atoms with E-state index in [4.69, 9.17) is 9.47 Å². The minimum Gasteiger partial charge on any atom is -0.484 e. The summed E-state index contributed by atoms with van der Waals surface area (Å²) in [5.74, 6) is -1.29. The van der Waals surface area contributed by atoms with Crippen molar-refractivity contribution in [3.63, 3.8) is 0 Å². The Labute approximate surface area is 155 Å². The molecule has 1 heterocycles. The van der Waals surface area contributed by atoms with E-state index in [0.717, 1.165) is 16.5 Å². The van der Waals surface area contributed by atoms with Crippen molar-refractivity contribution in [1.29, 1.82) is 0 Å². The fourth-order valence-electron chi connectivity index (χ4n) is 2.80. The molecule has 0 unspecified atom stereocenters. The quantitative estimate of drug-likeness (QED) is 0.627. The summed E-state index contributed by atoms with van der Waals surface area (Å²) in [6, 6.07) is 12.3. The first-order chi connectivity index (χ1) is 13.1. The number of methoxy groups -OCH3 is 1. The largest absolute Gasteiger partial charge is 0.484 e. The summed E-state index contributed by atoms with van der Waals surface area (Å²) in [6.07, 6.45) is 2.07. The van der Waals surface area contributed by atoms with Crippen molar-refractivity contribution in [3.8, 4) is 5.75 Å². The van der Waals surface area contributed by atoms with Crippen LogP contribution in [0.25, 0.3) is 10.9 Å². The summed E-state index contributed by atoms with van der Waals surface area (Å²) in [5, 5.41) is 3.58. The zero-order chi connectivity index (χ0) is 19.2. The molecule has 140 valence electrons. The molecule has 1 aromatic heterocycles. The maximum atomic E-state index is 13.1. The molecule has 0 spiro atoms. The third-order valence-corrected chi connectivity index (χ3v) is 4.09. The van der Waals surface area contributed by atoms with E-state index in [0.29, 0.717) is 0 Å². The molecule has 1 atom stereocenters. The average molecular weight is 370 g/mol. The molecule has 2 N–H and O–H groups in total. The second kappa shape index (κ2) is 8.35. The second-order valence-corrected chi connectivity index (χ2v) is 5.95. The highest BCUT2D eigenvalue weighted by atomic mass is 19.1. The average Bonchev–Trinajstić information content (AvgIpc) is 3.08. The molecule has 0 radical (unpaired) electrons. The normalized spacial score (nSPS) is 11.8. The molecule has 0 saturated heterocycles. The number of aromatic amines is 1.